The van der Waals surface area contributed by atoms with E-state index in [1.165, 1.54) is 11.3 Å². The van der Waals surface area contributed by atoms with Crippen LogP contribution in [0.5, 0.6) is 5.75 Å². The Labute approximate surface area is 159 Å². The van der Waals surface area contributed by atoms with Gasteiger partial charge in [-0.1, -0.05) is 12.1 Å². The number of rotatable bonds is 5. The van der Waals surface area contributed by atoms with Gasteiger partial charge in [0.25, 0.3) is 5.56 Å². The van der Waals surface area contributed by atoms with Gasteiger partial charge in [-0.05, 0) is 31.5 Å². The van der Waals surface area contributed by atoms with E-state index in [1.54, 1.807) is 17.2 Å². The first kappa shape index (κ1) is 17.4. The van der Waals surface area contributed by atoms with Crippen LogP contribution in [-0.4, -0.2) is 30.9 Å². The number of fused-ring (bicyclic) bond motifs is 1. The Morgan fingerprint density at radius 1 is 1.22 bits per heavy atom. The summed E-state index contributed by atoms with van der Waals surface area (Å²) in [7, 11) is 1.86. The predicted octanol–water partition coefficient (Wildman–Crippen LogP) is 3.26. The van der Waals surface area contributed by atoms with Crippen molar-refractivity contribution >= 4 is 21.6 Å². The van der Waals surface area contributed by atoms with Gasteiger partial charge >= 0.3 is 0 Å². The first-order valence-corrected chi connectivity index (χ1v) is 9.53. The van der Waals surface area contributed by atoms with Crippen LogP contribution in [0.3, 0.4) is 0 Å². The van der Waals surface area contributed by atoms with Crippen LogP contribution in [0.25, 0.3) is 21.3 Å². The van der Waals surface area contributed by atoms with Gasteiger partial charge in [-0.2, -0.15) is 0 Å². The van der Waals surface area contributed by atoms with Crippen LogP contribution >= 0.6 is 11.3 Å². The Morgan fingerprint density at radius 3 is 2.67 bits per heavy atom. The molecule has 0 aliphatic heterocycles. The van der Waals surface area contributed by atoms with Crippen molar-refractivity contribution in [2.75, 3.05) is 6.61 Å². The molecule has 0 unspecified atom stereocenters. The second-order valence-electron chi connectivity index (χ2n) is 6.22. The van der Waals surface area contributed by atoms with Gasteiger partial charge in [-0.3, -0.25) is 9.36 Å². The van der Waals surface area contributed by atoms with E-state index in [-0.39, 0.29) is 11.6 Å². The van der Waals surface area contributed by atoms with Crippen LogP contribution in [-0.2, 0) is 7.05 Å². The number of hydrogen-bond donors (Lipinski definition) is 0. The molecule has 0 amide bonds. The lowest BCUT2D eigenvalue weighted by Gasteiger charge is -2.14. The number of nitrogens with zero attached hydrogens (tertiary/aromatic N) is 5. The smallest absolute Gasteiger partial charge is 0.263 e. The van der Waals surface area contributed by atoms with E-state index in [2.05, 4.69) is 15.2 Å². The van der Waals surface area contributed by atoms with Gasteiger partial charge in [0.05, 0.1) is 24.4 Å². The van der Waals surface area contributed by atoms with E-state index in [0.29, 0.717) is 17.8 Å². The summed E-state index contributed by atoms with van der Waals surface area (Å²) in [5.41, 5.74) is 1.77. The molecule has 8 heteroatoms. The van der Waals surface area contributed by atoms with Crippen LogP contribution < -0.4 is 10.3 Å². The lowest BCUT2D eigenvalue weighted by molar-refractivity contribution is 0.340. The van der Waals surface area contributed by atoms with Crippen molar-refractivity contribution in [2.45, 2.75) is 19.9 Å². The van der Waals surface area contributed by atoms with Crippen LogP contribution in [0.15, 0.2) is 47.1 Å². The summed E-state index contributed by atoms with van der Waals surface area (Å²) in [4.78, 5) is 18.5. The minimum Gasteiger partial charge on any atom is -0.494 e. The van der Waals surface area contributed by atoms with Crippen molar-refractivity contribution in [3.05, 3.63) is 58.5 Å². The third-order valence-electron chi connectivity index (χ3n) is 4.53. The largest absolute Gasteiger partial charge is 0.494 e. The van der Waals surface area contributed by atoms with Gasteiger partial charge in [0.15, 0.2) is 5.82 Å². The Hall–Kier alpha value is -3.00. The highest BCUT2D eigenvalue weighted by atomic mass is 32.1. The highest BCUT2D eigenvalue weighted by Gasteiger charge is 2.19. The first-order chi connectivity index (χ1) is 13.1. The van der Waals surface area contributed by atoms with Gasteiger partial charge in [-0.25, -0.2) is 4.98 Å². The van der Waals surface area contributed by atoms with E-state index >= 15 is 0 Å². The SMILES string of the molecule is CCOc1ccc(-c2csc3ncn([C@@H](C)c4nncn4C)c(=O)c23)cc1. The molecule has 0 fully saturated rings. The van der Waals surface area contributed by atoms with Crippen molar-refractivity contribution in [3.63, 3.8) is 0 Å². The molecule has 0 spiro atoms. The molecule has 0 bridgehead atoms. The fraction of sp³-hybridized carbons (Fsp3) is 0.263. The van der Waals surface area contributed by atoms with Gasteiger partial charge in [-0.15, -0.1) is 21.5 Å². The number of aryl methyl sites for hydroxylation is 1. The van der Waals surface area contributed by atoms with E-state index in [1.807, 2.05) is 55.1 Å². The molecule has 0 aliphatic carbocycles. The minimum absolute atomic E-state index is 0.0827. The Bertz CT molecular complexity index is 1140. The van der Waals surface area contributed by atoms with Crippen molar-refractivity contribution in [2.24, 2.45) is 7.05 Å². The summed E-state index contributed by atoms with van der Waals surface area (Å²) in [5.74, 6) is 1.52. The quantitative estimate of drug-likeness (QED) is 0.530. The average molecular weight is 381 g/mol. The maximum atomic E-state index is 13.2. The average Bonchev–Trinajstić information content (AvgIpc) is 3.29. The van der Waals surface area contributed by atoms with Crippen LogP contribution in [0.1, 0.15) is 25.7 Å². The highest BCUT2D eigenvalue weighted by molar-refractivity contribution is 7.17. The van der Waals surface area contributed by atoms with Gasteiger partial charge in [0.1, 0.15) is 16.9 Å². The normalized spacial score (nSPS) is 12.4. The summed E-state index contributed by atoms with van der Waals surface area (Å²) < 4.78 is 8.92. The maximum absolute atomic E-state index is 13.2. The molecule has 138 valence electrons. The number of aromatic nitrogens is 5. The zero-order valence-corrected chi connectivity index (χ0v) is 16.1. The van der Waals surface area contributed by atoms with E-state index in [0.717, 1.165) is 21.7 Å². The Morgan fingerprint density at radius 2 is 2.00 bits per heavy atom. The molecule has 0 radical (unpaired) electrons. The summed E-state index contributed by atoms with van der Waals surface area (Å²) in [6.07, 6.45) is 3.21. The second kappa shape index (κ2) is 6.96. The van der Waals surface area contributed by atoms with Crippen molar-refractivity contribution in [1.29, 1.82) is 0 Å². The standard InChI is InChI=1S/C19H19N5O2S/c1-4-26-14-7-5-13(6-8-14)15-9-27-18-16(15)19(25)24(10-20-18)12(2)17-22-21-11-23(17)3/h5-12H,4H2,1-3H3/t12-/m0/s1. The van der Waals surface area contributed by atoms with Crippen LogP contribution in [0, 0.1) is 0 Å². The van der Waals surface area contributed by atoms with Gasteiger partial charge in [0, 0.05) is 18.0 Å². The molecular formula is C19H19N5O2S. The third kappa shape index (κ3) is 3.02. The molecule has 0 N–H and O–H groups in total. The maximum Gasteiger partial charge on any atom is 0.263 e. The minimum atomic E-state index is -0.269. The second-order valence-corrected chi connectivity index (χ2v) is 7.08. The topological polar surface area (TPSA) is 74.8 Å². The molecule has 3 heterocycles. The molecule has 0 saturated carbocycles. The first-order valence-electron chi connectivity index (χ1n) is 8.65. The summed E-state index contributed by atoms with van der Waals surface area (Å²) in [5, 5.41) is 10.6. The predicted molar refractivity (Wildman–Crippen MR) is 105 cm³/mol. The molecule has 1 aromatic carbocycles. The number of hydrogen-bond acceptors (Lipinski definition) is 6. The van der Waals surface area contributed by atoms with Crippen molar-refractivity contribution in [3.8, 4) is 16.9 Å². The molecule has 3 aromatic heterocycles. The van der Waals surface area contributed by atoms with E-state index in [4.69, 9.17) is 4.74 Å². The zero-order valence-electron chi connectivity index (χ0n) is 15.3. The molecule has 4 aromatic rings. The molecule has 4 rings (SSSR count). The fourth-order valence-electron chi connectivity index (χ4n) is 3.13. The summed E-state index contributed by atoms with van der Waals surface area (Å²) in [6.45, 7) is 4.49. The molecule has 0 saturated heterocycles. The van der Waals surface area contributed by atoms with Crippen molar-refractivity contribution in [1.82, 2.24) is 24.3 Å². The van der Waals surface area contributed by atoms with Gasteiger partial charge < -0.3 is 9.30 Å². The van der Waals surface area contributed by atoms with E-state index < -0.39 is 0 Å². The van der Waals surface area contributed by atoms with Gasteiger partial charge in [0.2, 0.25) is 0 Å². The lowest BCUT2D eigenvalue weighted by atomic mass is 10.1. The summed E-state index contributed by atoms with van der Waals surface area (Å²) >= 11 is 1.47. The van der Waals surface area contributed by atoms with Crippen molar-refractivity contribution < 1.29 is 4.74 Å². The molecule has 7 nitrogen and oxygen atoms in total. The molecule has 1 atom stereocenters. The Balaban J connectivity index is 1.82. The molecular weight excluding hydrogens is 362 g/mol. The zero-order chi connectivity index (χ0) is 19.0. The van der Waals surface area contributed by atoms with Crippen LogP contribution in [0.2, 0.25) is 0 Å². The number of ether oxygens (including phenoxy) is 1. The Kier molecular flexibility index (Phi) is 4.49. The lowest BCUT2D eigenvalue weighted by Crippen LogP contribution is -2.25. The number of benzene rings is 1. The fourth-order valence-corrected chi connectivity index (χ4v) is 4.03. The molecule has 27 heavy (non-hydrogen) atoms. The monoisotopic (exact) mass is 381 g/mol. The summed E-state index contributed by atoms with van der Waals surface area (Å²) in [6, 6.07) is 7.50. The third-order valence-corrected chi connectivity index (χ3v) is 5.42. The van der Waals surface area contributed by atoms with E-state index in [9.17, 15) is 4.79 Å². The number of thiophene rings is 1. The van der Waals surface area contributed by atoms with Crippen LogP contribution in [0.4, 0.5) is 0 Å². The molecule has 0 aliphatic rings. The highest BCUT2D eigenvalue weighted by Crippen LogP contribution is 2.32.